The lowest BCUT2D eigenvalue weighted by Crippen LogP contribution is -2.42. The number of non-ortho nitro benzene ring substituents is 1. The first-order valence-electron chi connectivity index (χ1n) is 8.08. The Bertz CT molecular complexity index is 843. The number of nitro groups is 1. The van der Waals surface area contributed by atoms with Crippen molar-refractivity contribution in [3.8, 4) is 11.1 Å². The van der Waals surface area contributed by atoms with Gasteiger partial charge in [0.05, 0.1) is 4.92 Å². The minimum Gasteiger partial charge on any atom is -0.398 e. The smallest absolute Gasteiger partial charge is 0.271 e. The fourth-order valence-electron chi connectivity index (χ4n) is 2.94. The molecule has 26 heavy (non-hydrogen) atoms. The molecule has 2 aromatic carbocycles. The van der Waals surface area contributed by atoms with E-state index in [1.54, 1.807) is 30.3 Å². The van der Waals surface area contributed by atoms with Gasteiger partial charge < -0.3 is 10.6 Å². The van der Waals surface area contributed by atoms with Crippen LogP contribution in [-0.4, -0.2) is 34.7 Å². The van der Waals surface area contributed by atoms with Crippen LogP contribution in [0.25, 0.3) is 11.1 Å². The fraction of sp³-hybridized carbons (Fsp3) is 0.278. The number of hydrogen-bond acceptors (Lipinski definition) is 4. The Labute approximate surface area is 148 Å². The van der Waals surface area contributed by atoms with Gasteiger partial charge >= 0.3 is 0 Å². The number of alkyl halides is 2. The van der Waals surface area contributed by atoms with Gasteiger partial charge in [-0.3, -0.25) is 14.9 Å². The molecule has 0 aromatic heterocycles. The fourth-order valence-corrected chi connectivity index (χ4v) is 2.94. The van der Waals surface area contributed by atoms with Gasteiger partial charge in [-0.2, -0.15) is 0 Å². The number of nitrogens with two attached hydrogens (primary N) is 1. The third-order valence-electron chi connectivity index (χ3n) is 4.47. The van der Waals surface area contributed by atoms with Crippen molar-refractivity contribution < 1.29 is 18.5 Å². The zero-order valence-corrected chi connectivity index (χ0v) is 13.8. The molecule has 6 nitrogen and oxygen atoms in total. The predicted molar refractivity (Wildman–Crippen MR) is 93.0 cm³/mol. The van der Waals surface area contributed by atoms with Crippen LogP contribution in [0.4, 0.5) is 20.2 Å². The standard InChI is InChI=1S/C18H17F2N3O3/c19-18(20)7-9-22(10-8-18)17(24)13-3-1-12(2-4-13)15-6-5-14(23(25)26)11-16(15)21/h1-6,11H,7-10,21H2. The number of rotatable bonds is 3. The summed E-state index contributed by atoms with van der Waals surface area (Å²) in [5.41, 5.74) is 7.77. The van der Waals surface area contributed by atoms with Crippen LogP contribution in [-0.2, 0) is 0 Å². The molecule has 0 bridgehead atoms. The van der Waals surface area contributed by atoms with E-state index in [9.17, 15) is 23.7 Å². The zero-order chi connectivity index (χ0) is 18.9. The Morgan fingerprint density at radius 2 is 1.73 bits per heavy atom. The SMILES string of the molecule is Nc1cc([N+](=O)[O-])ccc1-c1ccc(C(=O)N2CCC(F)(F)CC2)cc1. The molecule has 0 radical (unpaired) electrons. The van der Waals surface area contributed by atoms with Crippen molar-refractivity contribution in [1.29, 1.82) is 0 Å². The lowest BCUT2D eigenvalue weighted by atomic mass is 10.0. The third-order valence-corrected chi connectivity index (χ3v) is 4.47. The summed E-state index contributed by atoms with van der Waals surface area (Å²) in [5.74, 6) is -2.99. The maximum atomic E-state index is 13.2. The third kappa shape index (κ3) is 3.63. The first-order chi connectivity index (χ1) is 12.3. The lowest BCUT2D eigenvalue weighted by Gasteiger charge is -2.31. The minimum absolute atomic E-state index is 0.0306. The molecule has 2 N–H and O–H groups in total. The first kappa shape index (κ1) is 17.8. The molecule has 2 aromatic rings. The molecule has 0 aliphatic carbocycles. The van der Waals surface area contributed by atoms with Gasteiger partial charge in [-0.05, 0) is 23.8 Å². The number of benzene rings is 2. The molecule has 3 rings (SSSR count). The predicted octanol–water partition coefficient (Wildman–Crippen LogP) is 3.72. The van der Waals surface area contributed by atoms with Gasteiger partial charge in [-0.1, -0.05) is 12.1 Å². The molecule has 0 atom stereocenters. The summed E-state index contributed by atoms with van der Waals surface area (Å²) < 4.78 is 26.4. The molecule has 1 saturated heterocycles. The second kappa shape index (κ2) is 6.70. The van der Waals surface area contributed by atoms with Gasteiger partial charge in [0.1, 0.15) is 0 Å². The van der Waals surface area contributed by atoms with Crippen LogP contribution in [0, 0.1) is 10.1 Å². The quantitative estimate of drug-likeness (QED) is 0.513. The molecule has 1 heterocycles. The van der Waals surface area contributed by atoms with E-state index in [1.165, 1.54) is 17.0 Å². The highest BCUT2D eigenvalue weighted by Gasteiger charge is 2.35. The Morgan fingerprint density at radius 3 is 2.27 bits per heavy atom. The van der Waals surface area contributed by atoms with Gasteiger partial charge in [0.2, 0.25) is 0 Å². The molecule has 1 aliphatic heterocycles. The van der Waals surface area contributed by atoms with Crippen LogP contribution in [0.1, 0.15) is 23.2 Å². The summed E-state index contributed by atoms with van der Waals surface area (Å²) in [4.78, 5) is 24.1. The molecule has 136 valence electrons. The van der Waals surface area contributed by atoms with Crippen LogP contribution >= 0.6 is 0 Å². The Kier molecular flexibility index (Phi) is 4.58. The molecule has 0 saturated carbocycles. The molecule has 1 amide bonds. The van der Waals surface area contributed by atoms with E-state index in [2.05, 4.69) is 0 Å². The van der Waals surface area contributed by atoms with E-state index in [1.807, 2.05) is 0 Å². The van der Waals surface area contributed by atoms with E-state index in [0.29, 0.717) is 16.7 Å². The minimum atomic E-state index is -2.70. The largest absolute Gasteiger partial charge is 0.398 e. The van der Waals surface area contributed by atoms with Crippen LogP contribution in [0.2, 0.25) is 0 Å². The topological polar surface area (TPSA) is 89.5 Å². The van der Waals surface area contributed by atoms with Gasteiger partial charge in [0.25, 0.3) is 17.5 Å². The van der Waals surface area contributed by atoms with Gasteiger partial charge in [0, 0.05) is 54.9 Å². The highest BCUT2D eigenvalue weighted by molar-refractivity contribution is 5.95. The molecular weight excluding hydrogens is 344 g/mol. The normalized spacial score (nSPS) is 16.3. The summed E-state index contributed by atoms with van der Waals surface area (Å²) in [6.45, 7) is 0.0613. The highest BCUT2D eigenvalue weighted by Crippen LogP contribution is 2.31. The van der Waals surface area contributed by atoms with E-state index in [-0.39, 0.29) is 43.2 Å². The summed E-state index contributed by atoms with van der Waals surface area (Å²) in [7, 11) is 0. The van der Waals surface area contributed by atoms with E-state index in [4.69, 9.17) is 5.73 Å². The maximum Gasteiger partial charge on any atom is 0.271 e. The van der Waals surface area contributed by atoms with Crippen molar-refractivity contribution >= 4 is 17.3 Å². The van der Waals surface area contributed by atoms with E-state index in [0.717, 1.165) is 0 Å². The number of carbonyl (C=O) groups is 1. The van der Waals surface area contributed by atoms with Crippen molar-refractivity contribution in [3.05, 3.63) is 58.1 Å². The molecule has 1 fully saturated rings. The second-order valence-electron chi connectivity index (χ2n) is 6.25. The zero-order valence-electron chi connectivity index (χ0n) is 13.8. The van der Waals surface area contributed by atoms with Crippen molar-refractivity contribution in [1.82, 2.24) is 4.90 Å². The van der Waals surface area contributed by atoms with Crippen molar-refractivity contribution in [3.63, 3.8) is 0 Å². The molecule has 8 heteroatoms. The number of hydrogen-bond donors (Lipinski definition) is 1. The molecule has 0 spiro atoms. The maximum absolute atomic E-state index is 13.2. The van der Waals surface area contributed by atoms with Gasteiger partial charge in [-0.15, -0.1) is 0 Å². The van der Waals surface area contributed by atoms with E-state index >= 15 is 0 Å². The summed E-state index contributed by atoms with van der Waals surface area (Å²) in [6.07, 6.45) is -0.647. The van der Waals surface area contributed by atoms with Crippen molar-refractivity contribution in [2.45, 2.75) is 18.8 Å². The average Bonchev–Trinajstić information content (AvgIpc) is 2.61. The molecule has 0 unspecified atom stereocenters. The lowest BCUT2D eigenvalue weighted by molar-refractivity contribution is -0.384. The number of anilines is 1. The van der Waals surface area contributed by atoms with Crippen molar-refractivity contribution in [2.24, 2.45) is 0 Å². The van der Waals surface area contributed by atoms with Crippen molar-refractivity contribution in [2.75, 3.05) is 18.8 Å². The van der Waals surface area contributed by atoms with Gasteiger partial charge in [0.15, 0.2) is 0 Å². The van der Waals surface area contributed by atoms with Crippen LogP contribution < -0.4 is 5.73 Å². The number of carbonyl (C=O) groups excluding carboxylic acids is 1. The van der Waals surface area contributed by atoms with Crippen LogP contribution in [0.5, 0.6) is 0 Å². The molecule has 1 aliphatic rings. The number of likely N-dealkylation sites (tertiary alicyclic amines) is 1. The second-order valence-corrected chi connectivity index (χ2v) is 6.25. The average molecular weight is 361 g/mol. The van der Waals surface area contributed by atoms with E-state index < -0.39 is 10.8 Å². The summed E-state index contributed by atoms with van der Waals surface area (Å²) in [5, 5.41) is 10.8. The number of nitrogens with zero attached hydrogens (tertiary/aromatic N) is 2. The van der Waals surface area contributed by atoms with Crippen LogP contribution in [0.3, 0.4) is 0 Å². The monoisotopic (exact) mass is 361 g/mol. The van der Waals surface area contributed by atoms with Gasteiger partial charge in [-0.25, -0.2) is 8.78 Å². The molecular formula is C18H17F2N3O3. The number of nitrogen functional groups attached to an aromatic ring is 1. The number of nitro benzene ring substituents is 1. The Balaban J connectivity index is 1.76. The highest BCUT2D eigenvalue weighted by atomic mass is 19.3. The summed E-state index contributed by atoms with van der Waals surface area (Å²) in [6, 6.07) is 10.8. The Hall–Kier alpha value is -3.03. The summed E-state index contributed by atoms with van der Waals surface area (Å²) >= 11 is 0. The number of piperidine rings is 1. The first-order valence-corrected chi connectivity index (χ1v) is 8.08. The number of halogens is 2. The van der Waals surface area contributed by atoms with Crippen LogP contribution in [0.15, 0.2) is 42.5 Å². The number of amides is 1. The Morgan fingerprint density at radius 1 is 1.12 bits per heavy atom.